The molecule has 0 spiro atoms. The van der Waals surface area contributed by atoms with E-state index in [1.54, 1.807) is 23.3 Å². The smallest absolute Gasteiger partial charge is 0.338 e. The third kappa shape index (κ3) is 6.01. The van der Waals surface area contributed by atoms with Crippen LogP contribution in [0.2, 0.25) is 0 Å². The lowest BCUT2D eigenvalue weighted by Gasteiger charge is -2.25. The maximum absolute atomic E-state index is 13.8. The molecule has 2 aromatic carbocycles. The van der Waals surface area contributed by atoms with Gasteiger partial charge in [-0.05, 0) is 121 Å². The summed E-state index contributed by atoms with van der Waals surface area (Å²) in [6, 6.07) is 11.3. The van der Waals surface area contributed by atoms with E-state index >= 15 is 0 Å². The maximum Gasteiger partial charge on any atom is 0.338 e. The number of allylic oxidation sites excluding steroid dienone is 1. The third-order valence-electron chi connectivity index (χ3n) is 5.62. The van der Waals surface area contributed by atoms with Crippen molar-refractivity contribution in [1.82, 2.24) is 4.57 Å². The first-order valence-corrected chi connectivity index (χ1v) is 15.8. The van der Waals surface area contributed by atoms with E-state index in [0.717, 1.165) is 28.9 Å². The maximum atomic E-state index is 13.8. The number of carbonyl (C=O) groups excluding carboxylic acids is 1. The number of esters is 1. The molecule has 3 aromatic rings. The number of ether oxygens (including phenoxy) is 2. The second-order valence-electron chi connectivity index (χ2n) is 8.56. The lowest BCUT2D eigenvalue weighted by Crippen LogP contribution is -2.40. The first-order valence-electron chi connectivity index (χ1n) is 11.6. The summed E-state index contributed by atoms with van der Waals surface area (Å²) in [4.78, 5) is 33.4. The highest BCUT2D eigenvalue weighted by Crippen LogP contribution is 2.32. The number of benzene rings is 2. The molecule has 2 heterocycles. The summed E-state index contributed by atoms with van der Waals surface area (Å²) in [6.07, 6.45) is 3.60. The molecule has 0 N–H and O–H groups in total. The van der Waals surface area contributed by atoms with Crippen molar-refractivity contribution in [3.05, 3.63) is 85.6 Å². The first kappa shape index (κ1) is 28.4. The molecule has 4 rings (SSSR count). The van der Waals surface area contributed by atoms with E-state index in [1.807, 2.05) is 69.5 Å². The fourth-order valence-corrected chi connectivity index (χ4v) is 7.64. The molecule has 0 amide bonds. The normalized spacial score (nSPS) is 15.6. The average molecular weight is 760 g/mol. The molecular weight excluding hydrogens is 734 g/mol. The van der Waals surface area contributed by atoms with Crippen LogP contribution >= 0.6 is 68.3 Å². The molecule has 0 unspecified atom stereocenters. The van der Waals surface area contributed by atoms with Gasteiger partial charge in [-0.3, -0.25) is 9.36 Å². The van der Waals surface area contributed by atoms with Crippen LogP contribution in [-0.4, -0.2) is 29.5 Å². The van der Waals surface area contributed by atoms with Crippen LogP contribution in [0.5, 0.6) is 5.75 Å². The van der Waals surface area contributed by atoms with Crippen molar-refractivity contribution in [3.8, 4) is 5.75 Å². The van der Waals surface area contributed by atoms with Crippen LogP contribution in [0.25, 0.3) is 6.08 Å². The van der Waals surface area contributed by atoms with Crippen LogP contribution in [0.3, 0.4) is 0 Å². The van der Waals surface area contributed by atoms with Crippen LogP contribution < -0.4 is 19.6 Å². The van der Waals surface area contributed by atoms with Gasteiger partial charge in [0, 0.05) is 4.90 Å². The minimum atomic E-state index is -0.624. The molecule has 10 heteroatoms. The highest BCUT2D eigenvalue weighted by Gasteiger charge is 2.33. The number of fused-ring (bicyclic) bond motifs is 1. The van der Waals surface area contributed by atoms with Gasteiger partial charge in [0.15, 0.2) is 4.80 Å². The Bertz CT molecular complexity index is 1530. The van der Waals surface area contributed by atoms with Crippen molar-refractivity contribution in [1.29, 1.82) is 0 Å². The van der Waals surface area contributed by atoms with Crippen LogP contribution in [-0.2, 0) is 9.53 Å². The van der Waals surface area contributed by atoms with Gasteiger partial charge in [-0.2, -0.15) is 0 Å². The van der Waals surface area contributed by atoms with E-state index in [0.29, 0.717) is 27.2 Å². The lowest BCUT2D eigenvalue weighted by atomic mass is 9.96. The summed E-state index contributed by atoms with van der Waals surface area (Å²) in [7, 11) is 0. The quantitative estimate of drug-likeness (QED) is 0.181. The molecule has 1 aliphatic heterocycles. The monoisotopic (exact) mass is 760 g/mol. The van der Waals surface area contributed by atoms with E-state index in [9.17, 15) is 9.59 Å². The van der Waals surface area contributed by atoms with E-state index in [4.69, 9.17) is 9.47 Å². The standard InChI is InChI=1S/C27H26I2N2O4S2/c1-6-34-24-19(28)11-16(12-20(24)29)13-21-25(32)31-23(17-7-9-18(36-5)10-8-17)22(26(33)35-14(2)3)15(4)30-27(31)37-21/h7-14,23H,6H2,1-5H3/b21-13-/t23-/m1/s1. The van der Waals surface area contributed by atoms with E-state index in [1.165, 1.54) is 11.3 Å². The molecule has 194 valence electrons. The van der Waals surface area contributed by atoms with Crippen molar-refractivity contribution in [2.45, 2.75) is 44.7 Å². The number of hydrogen-bond acceptors (Lipinski definition) is 7. The Hall–Kier alpha value is -1.64. The summed E-state index contributed by atoms with van der Waals surface area (Å²) >= 11 is 7.47. The number of rotatable bonds is 7. The predicted molar refractivity (Wildman–Crippen MR) is 166 cm³/mol. The van der Waals surface area contributed by atoms with Gasteiger partial charge in [0.2, 0.25) is 0 Å². The molecule has 1 aliphatic rings. The molecular formula is C27H26I2N2O4S2. The topological polar surface area (TPSA) is 69.9 Å². The van der Waals surface area contributed by atoms with Gasteiger partial charge in [-0.25, -0.2) is 9.79 Å². The molecule has 6 nitrogen and oxygen atoms in total. The highest BCUT2D eigenvalue weighted by atomic mass is 127. The third-order valence-corrected chi connectivity index (χ3v) is 8.95. The molecule has 1 aromatic heterocycles. The van der Waals surface area contributed by atoms with Gasteiger partial charge in [0.25, 0.3) is 5.56 Å². The van der Waals surface area contributed by atoms with Crippen molar-refractivity contribution >= 4 is 80.3 Å². The van der Waals surface area contributed by atoms with Gasteiger partial charge in [0.1, 0.15) is 5.75 Å². The van der Waals surface area contributed by atoms with Gasteiger partial charge in [0.05, 0.1) is 41.7 Å². The number of nitrogens with zero attached hydrogens (tertiary/aromatic N) is 2. The van der Waals surface area contributed by atoms with Gasteiger partial charge in [-0.1, -0.05) is 23.5 Å². The Morgan fingerprint density at radius 2 is 1.86 bits per heavy atom. The Labute approximate surface area is 251 Å². The predicted octanol–water partition coefficient (Wildman–Crippen LogP) is 5.52. The zero-order valence-electron chi connectivity index (χ0n) is 21.0. The van der Waals surface area contributed by atoms with Gasteiger partial charge in [-0.15, -0.1) is 11.8 Å². The van der Waals surface area contributed by atoms with Crippen LogP contribution in [0.15, 0.2) is 62.4 Å². The molecule has 0 bridgehead atoms. The summed E-state index contributed by atoms with van der Waals surface area (Å²) in [6.45, 7) is 7.96. The van der Waals surface area contributed by atoms with E-state index < -0.39 is 12.0 Å². The first-order chi connectivity index (χ1) is 17.6. The average Bonchev–Trinajstić information content (AvgIpc) is 3.14. The fourth-order valence-electron chi connectivity index (χ4n) is 4.06. The van der Waals surface area contributed by atoms with E-state index in [-0.39, 0.29) is 11.7 Å². The molecule has 1 atom stereocenters. The Balaban J connectivity index is 1.91. The van der Waals surface area contributed by atoms with E-state index in [2.05, 4.69) is 50.2 Å². The van der Waals surface area contributed by atoms with Crippen molar-refractivity contribution < 1.29 is 14.3 Å². The molecule has 0 saturated heterocycles. The summed E-state index contributed by atoms with van der Waals surface area (Å²) in [5.41, 5.74) is 2.49. The lowest BCUT2D eigenvalue weighted by molar-refractivity contribution is -0.143. The molecule has 0 aliphatic carbocycles. The SMILES string of the molecule is CCOc1c(I)cc(/C=c2\sc3n(c2=O)[C@H](c2ccc(SC)cc2)C(C(=O)OC(C)C)=C(C)N=3)cc1I. The summed E-state index contributed by atoms with van der Waals surface area (Å²) in [5, 5.41) is 0. The minimum Gasteiger partial charge on any atom is -0.492 e. The van der Waals surface area contributed by atoms with Crippen molar-refractivity contribution in [2.75, 3.05) is 12.9 Å². The molecule has 0 saturated carbocycles. The summed E-state index contributed by atoms with van der Waals surface area (Å²) < 4.78 is 15.5. The Morgan fingerprint density at radius 1 is 1.22 bits per heavy atom. The summed E-state index contributed by atoms with van der Waals surface area (Å²) in [5.74, 6) is 0.389. The van der Waals surface area contributed by atoms with Crippen molar-refractivity contribution in [3.63, 3.8) is 0 Å². The second-order valence-corrected chi connectivity index (χ2v) is 12.8. The number of halogens is 2. The zero-order chi connectivity index (χ0) is 26.9. The number of aromatic nitrogens is 1. The largest absolute Gasteiger partial charge is 0.492 e. The van der Waals surface area contributed by atoms with Crippen molar-refractivity contribution in [2.24, 2.45) is 4.99 Å². The number of thioether (sulfide) groups is 1. The van der Waals surface area contributed by atoms with Gasteiger partial charge < -0.3 is 9.47 Å². The number of hydrogen-bond donors (Lipinski definition) is 0. The van der Waals surface area contributed by atoms with Gasteiger partial charge >= 0.3 is 5.97 Å². The highest BCUT2D eigenvalue weighted by molar-refractivity contribution is 14.1. The minimum absolute atomic E-state index is 0.191. The van der Waals surface area contributed by atoms with Crippen LogP contribution in [0.4, 0.5) is 0 Å². The fraction of sp³-hybridized carbons (Fsp3) is 0.296. The second kappa shape index (κ2) is 12.0. The molecule has 0 fully saturated rings. The zero-order valence-corrected chi connectivity index (χ0v) is 27.0. The Morgan fingerprint density at radius 3 is 2.43 bits per heavy atom. The van der Waals surface area contributed by atoms with Crippen LogP contribution in [0, 0.1) is 7.14 Å². The van der Waals surface area contributed by atoms with Crippen LogP contribution in [0.1, 0.15) is 44.9 Å². The number of carbonyl (C=O) groups is 1. The molecule has 37 heavy (non-hydrogen) atoms. The number of thiazole rings is 1. The molecule has 0 radical (unpaired) electrons. The Kier molecular flexibility index (Phi) is 9.23.